The summed E-state index contributed by atoms with van der Waals surface area (Å²) in [7, 11) is -1.42. The zero-order valence-electron chi connectivity index (χ0n) is 7.85. The van der Waals surface area contributed by atoms with E-state index in [0.717, 1.165) is 25.2 Å². The van der Waals surface area contributed by atoms with Crippen molar-refractivity contribution < 1.29 is 10.0 Å². The van der Waals surface area contributed by atoms with Gasteiger partial charge in [0.1, 0.15) is 0 Å². The molecule has 1 atom stereocenters. The van der Waals surface area contributed by atoms with Crippen LogP contribution >= 0.6 is 0 Å². The molecule has 1 unspecified atom stereocenters. The minimum atomic E-state index is -1.42. The highest BCUT2D eigenvalue weighted by atomic mass is 16.4. The van der Waals surface area contributed by atoms with Crippen molar-refractivity contribution in [1.29, 1.82) is 0 Å². The van der Waals surface area contributed by atoms with Gasteiger partial charge in [-0.25, -0.2) is 0 Å². The van der Waals surface area contributed by atoms with Gasteiger partial charge in [-0.3, -0.25) is 4.98 Å². The Morgan fingerprint density at radius 2 is 2.29 bits per heavy atom. The first-order valence-corrected chi connectivity index (χ1v) is 4.80. The van der Waals surface area contributed by atoms with Crippen LogP contribution in [0.2, 0.25) is 0 Å². The number of rotatable bonds is 2. The molecule has 74 valence electrons. The lowest BCUT2D eigenvalue weighted by Gasteiger charge is -2.07. The van der Waals surface area contributed by atoms with Gasteiger partial charge in [-0.1, -0.05) is 6.07 Å². The Balaban J connectivity index is 2.12. The van der Waals surface area contributed by atoms with Crippen LogP contribution in [0.4, 0.5) is 0 Å². The molecule has 0 aromatic carbocycles. The third kappa shape index (κ3) is 1.95. The Morgan fingerprint density at radius 3 is 2.79 bits per heavy atom. The van der Waals surface area contributed by atoms with Crippen LogP contribution in [0.1, 0.15) is 18.0 Å². The molecule has 0 aliphatic carbocycles. The van der Waals surface area contributed by atoms with Crippen LogP contribution in [-0.4, -0.2) is 35.2 Å². The second-order valence-electron chi connectivity index (χ2n) is 3.58. The maximum absolute atomic E-state index is 8.88. The van der Waals surface area contributed by atoms with Gasteiger partial charge in [-0.15, -0.1) is 0 Å². The molecule has 1 saturated heterocycles. The Labute approximate surface area is 83.1 Å². The van der Waals surface area contributed by atoms with E-state index < -0.39 is 7.12 Å². The summed E-state index contributed by atoms with van der Waals surface area (Å²) in [6.07, 6.45) is 2.63. The highest BCUT2D eigenvalue weighted by Gasteiger charge is 2.18. The molecule has 5 heteroatoms. The standard InChI is InChI=1S/C9H13BN2O2/c13-10(14)8-1-2-9(12-6-8)7-3-4-11-5-7/h1-2,6-7,11,13-14H,3-5H2. The molecule has 0 bridgehead atoms. The fourth-order valence-electron chi connectivity index (χ4n) is 1.72. The van der Waals surface area contributed by atoms with Crippen molar-refractivity contribution >= 4 is 12.6 Å². The molecule has 4 nitrogen and oxygen atoms in total. The van der Waals surface area contributed by atoms with Crippen molar-refractivity contribution in [3.05, 3.63) is 24.0 Å². The normalized spacial score (nSPS) is 21.1. The number of pyridine rings is 1. The third-order valence-corrected chi connectivity index (χ3v) is 2.59. The van der Waals surface area contributed by atoms with Crippen LogP contribution in [0.5, 0.6) is 0 Å². The molecule has 1 aromatic rings. The molecule has 3 N–H and O–H groups in total. The van der Waals surface area contributed by atoms with E-state index >= 15 is 0 Å². The molecule has 2 rings (SSSR count). The van der Waals surface area contributed by atoms with Gasteiger partial charge in [0, 0.05) is 29.8 Å². The van der Waals surface area contributed by atoms with E-state index in [4.69, 9.17) is 10.0 Å². The van der Waals surface area contributed by atoms with Crippen molar-refractivity contribution in [2.24, 2.45) is 0 Å². The zero-order chi connectivity index (χ0) is 9.97. The molecule has 0 amide bonds. The highest BCUT2D eigenvalue weighted by Crippen LogP contribution is 2.18. The Bertz CT molecular complexity index is 296. The minimum absolute atomic E-state index is 0.444. The van der Waals surface area contributed by atoms with E-state index in [1.807, 2.05) is 6.07 Å². The molecular weight excluding hydrogens is 179 g/mol. The second-order valence-corrected chi connectivity index (χ2v) is 3.58. The predicted octanol–water partition coefficient (Wildman–Crippen LogP) is -1.16. The summed E-state index contributed by atoms with van der Waals surface area (Å²) in [5.41, 5.74) is 1.47. The quantitative estimate of drug-likeness (QED) is 0.517. The number of aromatic nitrogens is 1. The molecule has 0 spiro atoms. The molecule has 14 heavy (non-hydrogen) atoms. The van der Waals surface area contributed by atoms with Crippen LogP contribution < -0.4 is 10.8 Å². The largest absolute Gasteiger partial charge is 0.490 e. The highest BCUT2D eigenvalue weighted by molar-refractivity contribution is 6.58. The summed E-state index contributed by atoms with van der Waals surface area (Å²) in [6.45, 7) is 2.00. The van der Waals surface area contributed by atoms with Crippen LogP contribution in [0.3, 0.4) is 0 Å². The van der Waals surface area contributed by atoms with Crippen LogP contribution in [0.25, 0.3) is 0 Å². The zero-order valence-corrected chi connectivity index (χ0v) is 7.85. The Hall–Kier alpha value is -0.905. The lowest BCUT2D eigenvalue weighted by atomic mass is 9.81. The smallest absolute Gasteiger partial charge is 0.423 e. The lowest BCUT2D eigenvalue weighted by Crippen LogP contribution is -2.30. The molecule has 2 heterocycles. The second kappa shape index (κ2) is 4.08. The van der Waals surface area contributed by atoms with Crippen LogP contribution in [0, 0.1) is 0 Å². The van der Waals surface area contributed by atoms with Gasteiger partial charge >= 0.3 is 7.12 Å². The first kappa shape index (κ1) is 9.64. The maximum atomic E-state index is 8.88. The number of nitrogens with zero attached hydrogens (tertiary/aromatic N) is 1. The third-order valence-electron chi connectivity index (χ3n) is 2.59. The minimum Gasteiger partial charge on any atom is -0.423 e. The van der Waals surface area contributed by atoms with E-state index in [0.29, 0.717) is 11.4 Å². The van der Waals surface area contributed by atoms with E-state index in [1.165, 1.54) is 6.20 Å². The van der Waals surface area contributed by atoms with Gasteiger partial charge in [-0.05, 0) is 19.0 Å². The van der Waals surface area contributed by atoms with Crippen molar-refractivity contribution in [3.63, 3.8) is 0 Å². The van der Waals surface area contributed by atoms with Gasteiger partial charge in [-0.2, -0.15) is 0 Å². The monoisotopic (exact) mass is 192 g/mol. The Morgan fingerprint density at radius 1 is 1.43 bits per heavy atom. The summed E-state index contributed by atoms with van der Waals surface area (Å²) < 4.78 is 0. The molecular formula is C9H13BN2O2. The SMILES string of the molecule is OB(O)c1ccc(C2CCNC2)nc1. The van der Waals surface area contributed by atoms with E-state index in [-0.39, 0.29) is 0 Å². The van der Waals surface area contributed by atoms with Crippen molar-refractivity contribution in [3.8, 4) is 0 Å². The van der Waals surface area contributed by atoms with Crippen molar-refractivity contribution in [2.45, 2.75) is 12.3 Å². The van der Waals surface area contributed by atoms with Crippen LogP contribution in [0.15, 0.2) is 18.3 Å². The number of nitrogens with one attached hydrogen (secondary N) is 1. The summed E-state index contributed by atoms with van der Waals surface area (Å²) in [5.74, 6) is 0.472. The molecule has 1 aliphatic heterocycles. The van der Waals surface area contributed by atoms with E-state index in [9.17, 15) is 0 Å². The topological polar surface area (TPSA) is 65.4 Å². The van der Waals surface area contributed by atoms with Gasteiger partial charge in [0.2, 0.25) is 0 Å². The lowest BCUT2D eigenvalue weighted by molar-refractivity contribution is 0.425. The first-order valence-electron chi connectivity index (χ1n) is 4.80. The van der Waals surface area contributed by atoms with Crippen LogP contribution in [-0.2, 0) is 0 Å². The predicted molar refractivity (Wildman–Crippen MR) is 54.3 cm³/mol. The molecule has 0 saturated carbocycles. The average molecular weight is 192 g/mol. The average Bonchev–Trinajstić information content (AvgIpc) is 2.71. The fourth-order valence-corrected chi connectivity index (χ4v) is 1.72. The summed E-state index contributed by atoms with van der Waals surface area (Å²) in [4.78, 5) is 4.22. The number of hydrogen-bond donors (Lipinski definition) is 3. The maximum Gasteiger partial charge on any atom is 0.490 e. The van der Waals surface area contributed by atoms with Crippen molar-refractivity contribution in [2.75, 3.05) is 13.1 Å². The van der Waals surface area contributed by atoms with Gasteiger partial charge < -0.3 is 15.4 Å². The molecule has 0 radical (unpaired) electrons. The summed E-state index contributed by atoms with van der Waals surface area (Å²) in [5, 5.41) is 21.0. The molecule has 1 aliphatic rings. The van der Waals surface area contributed by atoms with Gasteiger partial charge in [0.15, 0.2) is 0 Å². The number of hydrogen-bond acceptors (Lipinski definition) is 4. The molecule has 1 aromatic heterocycles. The molecule has 1 fully saturated rings. The van der Waals surface area contributed by atoms with Gasteiger partial charge in [0.25, 0.3) is 0 Å². The first-order chi connectivity index (χ1) is 6.77. The van der Waals surface area contributed by atoms with Crippen molar-refractivity contribution in [1.82, 2.24) is 10.3 Å². The van der Waals surface area contributed by atoms with Gasteiger partial charge in [0.05, 0.1) is 0 Å². The Kier molecular flexibility index (Phi) is 2.81. The summed E-state index contributed by atoms with van der Waals surface area (Å²) in [6, 6.07) is 3.58. The summed E-state index contributed by atoms with van der Waals surface area (Å²) >= 11 is 0. The van der Waals surface area contributed by atoms with E-state index in [1.54, 1.807) is 6.07 Å². The fraction of sp³-hybridized carbons (Fsp3) is 0.444. The van der Waals surface area contributed by atoms with E-state index in [2.05, 4.69) is 10.3 Å².